The number of carbonyl (C=O) groups excluding carboxylic acids is 1. The van der Waals surface area contributed by atoms with Crippen LogP contribution in [0.4, 0.5) is 4.39 Å². The number of halogens is 1. The molecule has 6 heteroatoms. The lowest BCUT2D eigenvalue weighted by atomic mass is 9.91. The van der Waals surface area contributed by atoms with Crippen molar-refractivity contribution < 1.29 is 23.8 Å². The van der Waals surface area contributed by atoms with E-state index in [1.807, 2.05) is 30.3 Å². The van der Waals surface area contributed by atoms with Crippen LogP contribution >= 0.6 is 0 Å². The molecule has 0 saturated carbocycles. The van der Waals surface area contributed by atoms with Gasteiger partial charge in [0.1, 0.15) is 11.6 Å². The van der Waals surface area contributed by atoms with E-state index in [-0.39, 0.29) is 6.42 Å². The zero-order valence-corrected chi connectivity index (χ0v) is 13.9. The normalized spacial score (nSPS) is 12.9. The Hall–Kier alpha value is -2.89. The Kier molecular flexibility index (Phi) is 6.11. The molecule has 2 aromatic rings. The summed E-state index contributed by atoms with van der Waals surface area (Å²) in [7, 11) is 0. The van der Waals surface area contributed by atoms with Gasteiger partial charge in [-0.05, 0) is 43.2 Å². The fourth-order valence-corrected chi connectivity index (χ4v) is 2.31. The van der Waals surface area contributed by atoms with Crippen molar-refractivity contribution in [3.8, 4) is 5.75 Å². The minimum absolute atomic E-state index is 0.122. The summed E-state index contributed by atoms with van der Waals surface area (Å²) in [6.07, 6.45) is 0.566. The number of amides is 1. The molecule has 0 spiro atoms. The number of nitrogens with one attached hydrogen (secondary N) is 1. The van der Waals surface area contributed by atoms with Crippen LogP contribution in [0.25, 0.3) is 0 Å². The van der Waals surface area contributed by atoms with Crippen molar-refractivity contribution in [1.29, 1.82) is 0 Å². The van der Waals surface area contributed by atoms with Crippen LogP contribution in [0.3, 0.4) is 0 Å². The van der Waals surface area contributed by atoms with Gasteiger partial charge in [-0.3, -0.25) is 4.79 Å². The zero-order valence-electron chi connectivity index (χ0n) is 13.9. The molecule has 0 heterocycles. The van der Waals surface area contributed by atoms with Gasteiger partial charge >= 0.3 is 5.97 Å². The SMILES string of the molecule is CC(NC(=O)CCCOc1ccccc1)(C(=O)O)c1ccc(F)cc1. The molecule has 0 aliphatic carbocycles. The van der Waals surface area contributed by atoms with Crippen LogP contribution in [-0.4, -0.2) is 23.6 Å². The quantitative estimate of drug-likeness (QED) is 0.721. The predicted molar refractivity (Wildman–Crippen MR) is 90.7 cm³/mol. The lowest BCUT2D eigenvalue weighted by Gasteiger charge is -2.27. The molecular weight excluding hydrogens is 325 g/mol. The molecule has 0 aliphatic heterocycles. The Morgan fingerprint density at radius 1 is 1.12 bits per heavy atom. The first kappa shape index (κ1) is 18.4. The van der Waals surface area contributed by atoms with E-state index in [4.69, 9.17) is 4.74 Å². The lowest BCUT2D eigenvalue weighted by Crippen LogP contribution is -2.49. The molecule has 2 N–H and O–H groups in total. The molecule has 25 heavy (non-hydrogen) atoms. The predicted octanol–water partition coefficient (Wildman–Crippen LogP) is 3.10. The summed E-state index contributed by atoms with van der Waals surface area (Å²) in [5, 5.41) is 12.0. The maximum absolute atomic E-state index is 13.0. The third kappa shape index (κ3) is 5.04. The molecular formula is C19H20FNO4. The zero-order chi connectivity index (χ0) is 18.3. The third-order valence-electron chi connectivity index (χ3n) is 3.80. The van der Waals surface area contributed by atoms with Gasteiger partial charge < -0.3 is 15.2 Å². The van der Waals surface area contributed by atoms with Crippen LogP contribution in [0.15, 0.2) is 54.6 Å². The second kappa shape index (κ2) is 8.28. The first-order chi connectivity index (χ1) is 11.9. The topological polar surface area (TPSA) is 75.6 Å². The van der Waals surface area contributed by atoms with Crippen molar-refractivity contribution >= 4 is 11.9 Å². The van der Waals surface area contributed by atoms with Gasteiger partial charge in [0.15, 0.2) is 5.54 Å². The van der Waals surface area contributed by atoms with E-state index >= 15 is 0 Å². The molecule has 1 atom stereocenters. The minimum atomic E-state index is -1.62. The second-order valence-corrected chi connectivity index (χ2v) is 5.75. The summed E-state index contributed by atoms with van der Waals surface area (Å²) in [6.45, 7) is 1.72. The van der Waals surface area contributed by atoms with Gasteiger partial charge in [-0.25, -0.2) is 9.18 Å². The average Bonchev–Trinajstić information content (AvgIpc) is 2.60. The molecule has 0 bridgehead atoms. The fourth-order valence-electron chi connectivity index (χ4n) is 2.31. The Bertz CT molecular complexity index is 718. The summed E-state index contributed by atoms with van der Waals surface area (Å²) in [6, 6.07) is 14.2. The maximum atomic E-state index is 13.0. The fraction of sp³-hybridized carbons (Fsp3) is 0.263. The molecule has 5 nitrogen and oxygen atoms in total. The van der Waals surface area contributed by atoms with Gasteiger partial charge in [0.25, 0.3) is 0 Å². The highest BCUT2D eigenvalue weighted by atomic mass is 19.1. The number of para-hydroxylation sites is 1. The molecule has 1 amide bonds. The number of ether oxygens (including phenoxy) is 1. The molecule has 2 aromatic carbocycles. The van der Waals surface area contributed by atoms with E-state index in [1.54, 1.807) is 0 Å². The Morgan fingerprint density at radius 2 is 1.76 bits per heavy atom. The minimum Gasteiger partial charge on any atom is -0.494 e. The standard InChI is InChI=1S/C19H20FNO4/c1-19(18(23)24,14-9-11-15(20)12-10-14)21-17(22)8-5-13-25-16-6-3-2-4-7-16/h2-4,6-7,9-12H,5,8,13H2,1H3,(H,21,22)(H,23,24). The summed E-state index contributed by atoms with van der Waals surface area (Å²) >= 11 is 0. The molecule has 0 aromatic heterocycles. The number of carboxylic acid groups (broad SMARTS) is 1. The molecule has 2 rings (SSSR count). The number of aliphatic carboxylic acids is 1. The van der Waals surface area contributed by atoms with Crippen LogP contribution in [-0.2, 0) is 15.1 Å². The first-order valence-corrected chi connectivity index (χ1v) is 7.90. The van der Waals surface area contributed by atoms with Crippen molar-refractivity contribution in [3.63, 3.8) is 0 Å². The molecule has 0 radical (unpaired) electrons. The number of benzene rings is 2. The summed E-state index contributed by atoms with van der Waals surface area (Å²) in [5.74, 6) is -1.38. The molecule has 1 unspecified atom stereocenters. The molecule has 0 saturated heterocycles. The van der Waals surface area contributed by atoms with Crippen LogP contribution in [0.2, 0.25) is 0 Å². The van der Waals surface area contributed by atoms with Gasteiger partial charge in [0.05, 0.1) is 6.61 Å². The Balaban J connectivity index is 1.89. The molecule has 132 valence electrons. The highest BCUT2D eigenvalue weighted by molar-refractivity contribution is 5.87. The van der Waals surface area contributed by atoms with Crippen molar-refractivity contribution in [1.82, 2.24) is 5.32 Å². The van der Waals surface area contributed by atoms with E-state index in [9.17, 15) is 19.1 Å². The van der Waals surface area contributed by atoms with Crippen molar-refractivity contribution in [2.24, 2.45) is 0 Å². The van der Waals surface area contributed by atoms with E-state index < -0.39 is 23.2 Å². The van der Waals surface area contributed by atoms with Crippen molar-refractivity contribution in [2.45, 2.75) is 25.3 Å². The van der Waals surface area contributed by atoms with Crippen molar-refractivity contribution in [2.75, 3.05) is 6.61 Å². The maximum Gasteiger partial charge on any atom is 0.333 e. The van der Waals surface area contributed by atoms with Gasteiger partial charge in [-0.15, -0.1) is 0 Å². The summed E-state index contributed by atoms with van der Waals surface area (Å²) in [4.78, 5) is 23.7. The largest absolute Gasteiger partial charge is 0.494 e. The highest BCUT2D eigenvalue weighted by Gasteiger charge is 2.36. The van der Waals surface area contributed by atoms with Crippen LogP contribution in [0.1, 0.15) is 25.3 Å². The van der Waals surface area contributed by atoms with E-state index in [0.717, 1.165) is 12.1 Å². The number of carboxylic acids is 1. The van der Waals surface area contributed by atoms with Crippen molar-refractivity contribution in [3.05, 3.63) is 66.0 Å². The second-order valence-electron chi connectivity index (χ2n) is 5.75. The Labute approximate surface area is 145 Å². The highest BCUT2D eigenvalue weighted by Crippen LogP contribution is 2.22. The van der Waals surface area contributed by atoms with Crippen LogP contribution in [0, 0.1) is 5.82 Å². The smallest absolute Gasteiger partial charge is 0.333 e. The molecule has 0 aliphatic rings. The molecule has 0 fully saturated rings. The number of hydrogen-bond acceptors (Lipinski definition) is 3. The van der Waals surface area contributed by atoms with Gasteiger partial charge in [-0.2, -0.15) is 0 Å². The Morgan fingerprint density at radius 3 is 2.36 bits per heavy atom. The monoisotopic (exact) mass is 345 g/mol. The van der Waals surface area contributed by atoms with Crippen LogP contribution < -0.4 is 10.1 Å². The van der Waals surface area contributed by atoms with Gasteiger partial charge in [0, 0.05) is 6.42 Å². The lowest BCUT2D eigenvalue weighted by molar-refractivity contribution is -0.147. The van der Waals surface area contributed by atoms with Crippen LogP contribution in [0.5, 0.6) is 5.75 Å². The first-order valence-electron chi connectivity index (χ1n) is 7.90. The van der Waals surface area contributed by atoms with Gasteiger partial charge in [-0.1, -0.05) is 30.3 Å². The summed E-state index contributed by atoms with van der Waals surface area (Å²) < 4.78 is 18.5. The number of hydrogen-bond donors (Lipinski definition) is 2. The third-order valence-corrected chi connectivity index (χ3v) is 3.80. The number of carbonyl (C=O) groups is 2. The number of rotatable bonds is 8. The van der Waals surface area contributed by atoms with Gasteiger partial charge in [0.2, 0.25) is 5.91 Å². The summed E-state index contributed by atoms with van der Waals surface area (Å²) in [5.41, 5.74) is -1.32. The van der Waals surface area contributed by atoms with E-state index in [2.05, 4.69) is 5.32 Å². The average molecular weight is 345 g/mol. The van der Waals surface area contributed by atoms with E-state index in [1.165, 1.54) is 19.1 Å². The van der Waals surface area contributed by atoms with E-state index in [0.29, 0.717) is 24.3 Å².